The van der Waals surface area contributed by atoms with Crippen LogP contribution in [0, 0.1) is 0 Å². The molecule has 12 rings (SSSR count). The van der Waals surface area contributed by atoms with E-state index < -0.39 is 10.8 Å². The van der Waals surface area contributed by atoms with E-state index in [4.69, 9.17) is 0 Å². The normalized spacial score (nSPS) is 14.2. The molecule has 0 unspecified atom stereocenters. The van der Waals surface area contributed by atoms with Crippen molar-refractivity contribution in [2.75, 3.05) is 0 Å². The largest absolute Gasteiger partial charge is 0.0990 e. The lowest BCUT2D eigenvalue weighted by atomic mass is 9.63. The summed E-state index contributed by atoms with van der Waals surface area (Å²) in [5.74, 6) is 0. The summed E-state index contributed by atoms with van der Waals surface area (Å²) >= 11 is 0. The summed E-state index contributed by atoms with van der Waals surface area (Å²) in [4.78, 5) is 0. The summed E-state index contributed by atoms with van der Waals surface area (Å²) < 4.78 is 0. The van der Waals surface area contributed by atoms with Crippen LogP contribution in [0.15, 0.2) is 316 Å². The van der Waals surface area contributed by atoms with Gasteiger partial charge in [0.25, 0.3) is 0 Å². The lowest BCUT2D eigenvalue weighted by Crippen LogP contribution is -2.32. The molecule has 0 N–H and O–H groups in total. The highest BCUT2D eigenvalue weighted by molar-refractivity contribution is 5.78. The van der Waals surface area contributed by atoms with Crippen molar-refractivity contribution in [3.8, 4) is 22.3 Å². The van der Waals surface area contributed by atoms with Crippen molar-refractivity contribution >= 4 is 11.1 Å². The van der Waals surface area contributed by atoms with Gasteiger partial charge in [-0.1, -0.05) is 316 Å². The van der Waals surface area contributed by atoms with Gasteiger partial charge in [0.15, 0.2) is 0 Å². The first-order chi connectivity index (χ1) is 40.4. The number of aryl methyl sites for hydroxylation is 4. The van der Waals surface area contributed by atoms with Crippen molar-refractivity contribution in [2.45, 2.75) is 64.2 Å². The summed E-state index contributed by atoms with van der Waals surface area (Å²) in [6.07, 6.45) is 21.0. The predicted octanol–water partition coefficient (Wildman–Crippen LogP) is 20.7. The highest BCUT2D eigenvalue weighted by Crippen LogP contribution is 2.52. The second kappa shape index (κ2) is 25.0. The Bertz CT molecular complexity index is 3790. The highest BCUT2D eigenvalue weighted by atomic mass is 14.5. The second-order valence-corrected chi connectivity index (χ2v) is 21.9. The maximum Gasteiger partial charge on any atom is 0.0706 e. The van der Waals surface area contributed by atoms with E-state index in [1.165, 1.54) is 111 Å². The summed E-state index contributed by atoms with van der Waals surface area (Å²) in [5, 5.41) is 0. The van der Waals surface area contributed by atoms with E-state index in [-0.39, 0.29) is 0 Å². The number of benzene rings is 10. The molecule has 0 heteroatoms. The molecule has 82 heavy (non-hydrogen) atoms. The van der Waals surface area contributed by atoms with Crippen molar-refractivity contribution in [3.05, 3.63) is 393 Å². The lowest BCUT2D eigenvalue weighted by molar-refractivity contribution is 0.739. The monoisotopic (exact) mass is 1060 g/mol. The minimum Gasteiger partial charge on any atom is -0.0990 e. The van der Waals surface area contributed by atoms with Gasteiger partial charge in [-0.25, -0.2) is 0 Å². The zero-order chi connectivity index (χ0) is 56.3. The molecule has 0 heterocycles. The molecule has 2 aliphatic rings. The number of rotatable bonds is 12. The van der Waals surface area contributed by atoms with E-state index in [1.54, 1.807) is 0 Å². The molecule has 10 aromatic carbocycles. The van der Waals surface area contributed by atoms with Crippen LogP contribution < -0.4 is 0 Å². The molecule has 0 radical (unpaired) electrons. The Kier molecular flexibility index (Phi) is 16.6. The van der Waals surface area contributed by atoms with Gasteiger partial charge in [-0.2, -0.15) is 0 Å². The fraction of sp³-hybridized carbons (Fsp3) is 0.122. The van der Waals surface area contributed by atoms with E-state index in [0.29, 0.717) is 0 Å². The number of hydrogen-bond donors (Lipinski definition) is 0. The first-order valence-corrected chi connectivity index (χ1v) is 29.2. The summed E-state index contributed by atoms with van der Waals surface area (Å²) in [6.45, 7) is 12.3. The van der Waals surface area contributed by atoms with Crippen LogP contribution >= 0.6 is 0 Å². The smallest absolute Gasteiger partial charge is 0.0706 e. The van der Waals surface area contributed by atoms with E-state index in [9.17, 15) is 0 Å². The highest BCUT2D eigenvalue weighted by Gasteiger charge is 2.44. The van der Waals surface area contributed by atoms with E-state index >= 15 is 0 Å². The Morgan fingerprint density at radius 1 is 0.317 bits per heavy atom. The second-order valence-electron chi connectivity index (χ2n) is 21.9. The summed E-state index contributed by atoms with van der Waals surface area (Å²) in [5.41, 5.74) is 26.5. The third kappa shape index (κ3) is 10.7. The summed E-state index contributed by atoms with van der Waals surface area (Å²) in [6, 6.07) is 94.7. The number of fused-ring (bicyclic) bond motifs is 4. The summed E-state index contributed by atoms with van der Waals surface area (Å²) in [7, 11) is 0. The average Bonchev–Trinajstić information content (AvgIpc) is 3.82. The standard InChI is InChI=1S/C43H42.C39H30/c1-6-13-33(14-7-2)35-24-28-39(29-25-35)43(40-30-26-36(27-31-40)34(15-8-3)21-20-32(4)5)41-18-11-9-16-37(41)22-23-38-17-10-12-19-42(38)43;1-3-11-29(12-4-1)31-21-25-35(26-22-31)39(36-27-23-32(24-28-36)30-13-5-2-6-14-30)37-17-9-7-15-33(37)19-20-34-16-8-10-18-38(34)39/h6-21,24-31H,1,22-23H2,2-5H3;1-18,21-28H,19-20H2/b14-7-,15-8-,33-13+,34-21+;. The maximum atomic E-state index is 3.94. The quantitative estimate of drug-likeness (QED) is 0.107. The zero-order valence-electron chi connectivity index (χ0n) is 47.9. The topological polar surface area (TPSA) is 0 Å². The molecule has 0 atom stereocenters. The fourth-order valence-corrected chi connectivity index (χ4v) is 13.0. The molecular formula is C82H72. The van der Waals surface area contributed by atoms with Gasteiger partial charge < -0.3 is 0 Å². The van der Waals surface area contributed by atoms with Crippen molar-refractivity contribution in [1.82, 2.24) is 0 Å². The molecule has 0 saturated carbocycles. The van der Waals surface area contributed by atoms with Crippen molar-refractivity contribution in [3.63, 3.8) is 0 Å². The number of allylic oxidation sites excluding steroid dienone is 11. The minimum absolute atomic E-state index is 0.409. The predicted molar refractivity (Wildman–Crippen MR) is 350 cm³/mol. The Hall–Kier alpha value is -9.36. The van der Waals surface area contributed by atoms with E-state index in [1.807, 2.05) is 6.08 Å². The molecule has 0 amide bonds. The molecular weight excluding hydrogens is 985 g/mol. The third-order valence-electron chi connectivity index (χ3n) is 16.8. The van der Waals surface area contributed by atoms with Crippen LogP contribution in [0.1, 0.15) is 106 Å². The molecule has 0 spiro atoms. The maximum absolute atomic E-state index is 3.94. The molecule has 0 nitrogen and oxygen atoms in total. The van der Waals surface area contributed by atoms with Crippen molar-refractivity contribution in [1.29, 1.82) is 0 Å². The van der Waals surface area contributed by atoms with Gasteiger partial charge in [-0.15, -0.1) is 0 Å². The molecule has 0 bridgehead atoms. The molecule has 0 aromatic heterocycles. The van der Waals surface area contributed by atoms with Gasteiger partial charge in [0.2, 0.25) is 0 Å². The average molecular weight is 1060 g/mol. The van der Waals surface area contributed by atoms with Crippen LogP contribution in [0.4, 0.5) is 0 Å². The van der Waals surface area contributed by atoms with Crippen LogP contribution in [0.2, 0.25) is 0 Å². The van der Waals surface area contributed by atoms with Crippen molar-refractivity contribution in [2.24, 2.45) is 0 Å². The Morgan fingerprint density at radius 3 is 0.902 bits per heavy atom. The van der Waals surface area contributed by atoms with Crippen LogP contribution in [0.25, 0.3) is 33.4 Å². The van der Waals surface area contributed by atoms with Crippen LogP contribution in [0.5, 0.6) is 0 Å². The minimum atomic E-state index is -0.450. The Balaban J connectivity index is 0.000000173. The first kappa shape index (κ1) is 54.6. The molecule has 400 valence electrons. The third-order valence-corrected chi connectivity index (χ3v) is 16.8. The Labute approximate surface area is 488 Å². The SMILES string of the molecule is C=C/C=C(\C=C/C)c1ccc(C2(c3ccc(C(/C=C\C)=C/C=C(C)C)cc3)c3ccccc3CCc3ccccc32)cc1.c1ccc(-c2ccc(C3(c4ccc(-c5ccccc5)cc4)c4ccccc4CCc4ccccc43)cc2)cc1. The van der Waals surface area contributed by atoms with Crippen molar-refractivity contribution < 1.29 is 0 Å². The van der Waals surface area contributed by atoms with Crippen LogP contribution in [-0.2, 0) is 36.5 Å². The van der Waals surface area contributed by atoms with Gasteiger partial charge in [0.05, 0.1) is 10.8 Å². The molecule has 0 saturated heterocycles. The zero-order valence-corrected chi connectivity index (χ0v) is 47.9. The van der Waals surface area contributed by atoms with Gasteiger partial charge >= 0.3 is 0 Å². The molecule has 10 aromatic rings. The van der Waals surface area contributed by atoms with Gasteiger partial charge in [-0.3, -0.25) is 0 Å². The van der Waals surface area contributed by atoms with Gasteiger partial charge in [0, 0.05) is 0 Å². The number of hydrogen-bond acceptors (Lipinski definition) is 0. The van der Waals surface area contributed by atoms with Crippen LogP contribution in [0.3, 0.4) is 0 Å². The Morgan fingerprint density at radius 2 is 0.598 bits per heavy atom. The molecule has 0 aliphatic heterocycles. The lowest BCUT2D eigenvalue weighted by Gasteiger charge is -2.38. The van der Waals surface area contributed by atoms with Crippen LogP contribution in [-0.4, -0.2) is 0 Å². The molecule has 0 fully saturated rings. The van der Waals surface area contributed by atoms with Gasteiger partial charge in [0.1, 0.15) is 0 Å². The molecule has 2 aliphatic carbocycles. The first-order valence-electron chi connectivity index (χ1n) is 29.2. The van der Waals surface area contributed by atoms with E-state index in [2.05, 4.69) is 332 Å². The fourth-order valence-electron chi connectivity index (χ4n) is 13.0. The van der Waals surface area contributed by atoms with E-state index in [0.717, 1.165) is 31.3 Å². The van der Waals surface area contributed by atoms with Gasteiger partial charge in [-0.05, 0) is 165 Å².